The minimum Gasteiger partial charge on any atom is -0.497 e. The molecule has 0 aliphatic carbocycles. The Hall–Kier alpha value is -4.46. The lowest BCUT2D eigenvalue weighted by Gasteiger charge is -2.17. The third kappa shape index (κ3) is 7.34. The average molecular weight is 562 g/mol. The van der Waals surface area contributed by atoms with Crippen LogP contribution in [-0.4, -0.2) is 85.5 Å². The molecule has 0 aliphatic rings. The van der Waals surface area contributed by atoms with E-state index in [2.05, 4.69) is 34.1 Å². The van der Waals surface area contributed by atoms with Gasteiger partial charge in [0.1, 0.15) is 11.4 Å². The molecule has 0 saturated carbocycles. The zero-order valence-corrected chi connectivity index (χ0v) is 22.2. The summed E-state index contributed by atoms with van der Waals surface area (Å²) < 4.78 is 40.7. The Morgan fingerprint density at radius 1 is 1.15 bits per heavy atom. The number of methoxy groups -OCH3 is 1. The van der Waals surface area contributed by atoms with E-state index in [-0.39, 0.29) is 5.91 Å². The molecule has 0 atom stereocenters. The van der Waals surface area contributed by atoms with E-state index in [9.17, 15) is 18.0 Å². The predicted molar refractivity (Wildman–Crippen MR) is 141 cm³/mol. The number of nitrogens with one attached hydrogen (secondary N) is 1. The molecule has 11 nitrogen and oxygen atoms in total. The molecule has 2 N–H and O–H groups in total. The van der Waals surface area contributed by atoms with Gasteiger partial charge in [0.05, 0.1) is 30.7 Å². The van der Waals surface area contributed by atoms with Crippen molar-refractivity contribution in [3.8, 4) is 23.0 Å². The predicted octanol–water partition coefficient (Wildman–Crippen LogP) is 3.69. The van der Waals surface area contributed by atoms with Crippen LogP contribution < -0.4 is 10.1 Å². The van der Waals surface area contributed by atoms with Crippen LogP contribution in [0.2, 0.25) is 0 Å². The Bertz CT molecular complexity index is 1430. The number of aliphatic carboxylic acids is 1. The minimum atomic E-state index is -5.08. The summed E-state index contributed by atoms with van der Waals surface area (Å²) in [4.78, 5) is 33.1. The van der Waals surface area contributed by atoms with Gasteiger partial charge in [-0.15, -0.1) is 0 Å². The van der Waals surface area contributed by atoms with Crippen molar-refractivity contribution in [3.63, 3.8) is 0 Å². The molecular weight excluding hydrogens is 531 g/mol. The normalized spacial score (nSPS) is 11.3. The third-order valence-corrected chi connectivity index (χ3v) is 5.91. The van der Waals surface area contributed by atoms with Gasteiger partial charge in [0, 0.05) is 25.0 Å². The summed E-state index contributed by atoms with van der Waals surface area (Å²) in [6, 6.07) is 9.51. The number of carboxylic acids is 1. The molecule has 0 saturated heterocycles. The first-order valence-electron chi connectivity index (χ1n) is 12.4. The minimum absolute atomic E-state index is 0.209. The zero-order chi connectivity index (χ0) is 29.3. The smallest absolute Gasteiger partial charge is 0.490 e. The van der Waals surface area contributed by atoms with Gasteiger partial charge in [-0.3, -0.25) is 14.2 Å². The Kier molecular flexibility index (Phi) is 10.2. The second-order valence-corrected chi connectivity index (χ2v) is 8.38. The van der Waals surface area contributed by atoms with E-state index < -0.39 is 12.1 Å². The largest absolute Gasteiger partial charge is 0.497 e. The maximum atomic E-state index is 13.0. The number of fused-ring (bicyclic) bond motifs is 1. The summed E-state index contributed by atoms with van der Waals surface area (Å²) in [5.41, 5.74) is 2.58. The number of hydrogen-bond acceptors (Lipinski definition) is 7. The van der Waals surface area contributed by atoms with Gasteiger partial charge in [0.2, 0.25) is 0 Å². The monoisotopic (exact) mass is 561 g/mol. The molecule has 1 amide bonds. The number of carbonyl (C=O) groups excluding carboxylic acids is 1. The van der Waals surface area contributed by atoms with E-state index in [4.69, 9.17) is 19.6 Å². The van der Waals surface area contributed by atoms with Crippen LogP contribution in [0, 0.1) is 0 Å². The summed E-state index contributed by atoms with van der Waals surface area (Å²) >= 11 is 0. The number of imidazole rings is 1. The van der Waals surface area contributed by atoms with Crippen LogP contribution >= 0.6 is 0 Å². The van der Waals surface area contributed by atoms with Gasteiger partial charge in [-0.05, 0) is 44.3 Å². The summed E-state index contributed by atoms with van der Waals surface area (Å²) in [6.07, 6.45) is 2.65. The summed E-state index contributed by atoms with van der Waals surface area (Å²) in [5, 5.41) is 14.6. The zero-order valence-electron chi connectivity index (χ0n) is 22.2. The van der Waals surface area contributed by atoms with Crippen molar-refractivity contribution in [2.24, 2.45) is 0 Å². The number of carboxylic acid groups (broad SMARTS) is 1. The molecule has 0 fully saturated rings. The Labute approximate surface area is 228 Å². The fourth-order valence-corrected chi connectivity index (χ4v) is 3.83. The molecule has 0 radical (unpaired) electrons. The van der Waals surface area contributed by atoms with Crippen LogP contribution in [0.5, 0.6) is 5.75 Å². The van der Waals surface area contributed by atoms with Crippen molar-refractivity contribution in [2.45, 2.75) is 26.4 Å². The lowest BCUT2D eigenvalue weighted by molar-refractivity contribution is -0.192. The maximum absolute atomic E-state index is 13.0. The number of aromatic nitrogens is 5. The molecule has 0 bridgehead atoms. The van der Waals surface area contributed by atoms with E-state index >= 15 is 0 Å². The third-order valence-electron chi connectivity index (χ3n) is 5.91. The summed E-state index contributed by atoms with van der Waals surface area (Å²) in [7, 11) is 1.63. The molecule has 3 heterocycles. The van der Waals surface area contributed by atoms with Gasteiger partial charge in [-0.25, -0.2) is 14.5 Å². The van der Waals surface area contributed by atoms with Crippen molar-refractivity contribution in [2.75, 3.05) is 33.3 Å². The number of hydrogen-bond donors (Lipinski definition) is 2. The lowest BCUT2D eigenvalue weighted by atomic mass is 10.3. The number of ether oxygens (including phenoxy) is 1. The van der Waals surface area contributed by atoms with Crippen LogP contribution in [0.25, 0.3) is 22.7 Å². The molecule has 3 aromatic heterocycles. The topological polar surface area (TPSA) is 127 Å². The highest BCUT2D eigenvalue weighted by atomic mass is 19.4. The number of carbonyl (C=O) groups is 2. The quantitative estimate of drug-likeness (QED) is 0.281. The number of alkyl halides is 3. The van der Waals surface area contributed by atoms with Gasteiger partial charge >= 0.3 is 12.1 Å². The highest BCUT2D eigenvalue weighted by Crippen LogP contribution is 2.26. The molecular formula is C26H30F3N7O4. The highest BCUT2D eigenvalue weighted by Gasteiger charge is 2.38. The molecule has 0 unspecified atom stereocenters. The molecule has 1 aromatic carbocycles. The molecule has 4 aromatic rings. The molecule has 4 rings (SSSR count). The molecule has 40 heavy (non-hydrogen) atoms. The van der Waals surface area contributed by atoms with E-state index in [0.717, 1.165) is 43.2 Å². The van der Waals surface area contributed by atoms with Crippen LogP contribution in [0.3, 0.4) is 0 Å². The van der Waals surface area contributed by atoms with Crippen LogP contribution in [-0.2, 0) is 4.79 Å². The van der Waals surface area contributed by atoms with E-state index in [1.54, 1.807) is 36.6 Å². The second kappa shape index (κ2) is 13.6. The SMILES string of the molecule is CCN(CC)CCCNC(=O)c1nc(-c2ccnn2-c2cccc(OC)c2)n2ccncc12.O=C(O)C(F)(F)F. The average Bonchev–Trinajstić information content (AvgIpc) is 3.58. The van der Waals surface area contributed by atoms with Gasteiger partial charge in [0.15, 0.2) is 11.5 Å². The van der Waals surface area contributed by atoms with Crippen molar-refractivity contribution >= 4 is 17.4 Å². The first-order valence-corrected chi connectivity index (χ1v) is 12.4. The molecule has 0 aliphatic heterocycles. The number of rotatable bonds is 10. The number of amides is 1. The van der Waals surface area contributed by atoms with E-state index in [1.165, 1.54) is 0 Å². The van der Waals surface area contributed by atoms with Crippen molar-refractivity contribution < 1.29 is 32.6 Å². The first kappa shape index (κ1) is 30.1. The summed E-state index contributed by atoms with van der Waals surface area (Å²) in [6.45, 7) is 7.84. The van der Waals surface area contributed by atoms with Crippen molar-refractivity contribution in [1.82, 2.24) is 34.4 Å². The standard InChI is InChI=1S/C24H29N7O2.C2HF3O2/c1-4-29(5-2)14-7-11-26-24(32)22-21-17-25-13-15-30(21)23(28-22)20-10-12-27-31(20)18-8-6-9-19(16-18)33-3;3-2(4,5)1(6)7/h6,8-10,12-13,15-17H,4-5,7,11,14H2,1-3H3,(H,26,32);(H,6,7). The van der Waals surface area contributed by atoms with Gasteiger partial charge in [-0.1, -0.05) is 19.9 Å². The summed E-state index contributed by atoms with van der Waals surface area (Å²) in [5.74, 6) is -1.62. The Balaban J connectivity index is 0.000000559. The van der Waals surface area contributed by atoms with E-state index in [0.29, 0.717) is 23.6 Å². The van der Waals surface area contributed by atoms with Gasteiger partial charge < -0.3 is 20.1 Å². The van der Waals surface area contributed by atoms with Gasteiger partial charge in [0.25, 0.3) is 5.91 Å². The molecule has 214 valence electrons. The van der Waals surface area contributed by atoms with Crippen LogP contribution in [0.1, 0.15) is 30.8 Å². The second-order valence-electron chi connectivity index (χ2n) is 8.38. The fraction of sp³-hybridized carbons (Fsp3) is 0.346. The molecule has 0 spiro atoms. The van der Waals surface area contributed by atoms with Crippen molar-refractivity contribution in [3.05, 3.63) is 60.8 Å². The van der Waals surface area contributed by atoms with Crippen molar-refractivity contribution in [1.29, 1.82) is 0 Å². The Morgan fingerprint density at radius 2 is 1.88 bits per heavy atom. The molecule has 14 heteroatoms. The Morgan fingerprint density at radius 3 is 2.52 bits per heavy atom. The number of halogens is 3. The van der Waals surface area contributed by atoms with Crippen LogP contribution in [0.15, 0.2) is 55.1 Å². The highest BCUT2D eigenvalue weighted by molar-refractivity contribution is 5.99. The maximum Gasteiger partial charge on any atom is 0.490 e. The number of benzene rings is 1. The fourth-order valence-electron chi connectivity index (χ4n) is 3.83. The first-order chi connectivity index (χ1) is 19.1. The van der Waals surface area contributed by atoms with E-state index in [1.807, 2.05) is 34.7 Å². The van der Waals surface area contributed by atoms with Crippen LogP contribution in [0.4, 0.5) is 13.2 Å². The number of nitrogens with zero attached hydrogens (tertiary/aromatic N) is 6. The van der Waals surface area contributed by atoms with Gasteiger partial charge in [-0.2, -0.15) is 18.3 Å². The lowest BCUT2D eigenvalue weighted by Crippen LogP contribution is -2.30.